The number of aliphatic hydroxyl groups excluding tert-OH is 1. The van der Waals surface area contributed by atoms with Gasteiger partial charge in [0.05, 0.1) is 18.8 Å². The van der Waals surface area contributed by atoms with Crippen LogP contribution < -0.4 is 10.1 Å². The van der Waals surface area contributed by atoms with Gasteiger partial charge in [-0.1, -0.05) is 0 Å². The van der Waals surface area contributed by atoms with Crippen molar-refractivity contribution in [3.63, 3.8) is 0 Å². The second-order valence-electron chi connectivity index (χ2n) is 3.74. The van der Waals surface area contributed by atoms with Gasteiger partial charge in [-0.3, -0.25) is 0 Å². The lowest BCUT2D eigenvalue weighted by molar-refractivity contribution is 0.266. The molecule has 82 valence electrons. The third kappa shape index (κ3) is 2.36. The molecular formula is C10H15N3O2. The number of nitrogens with zero attached hydrogens (tertiary/aromatic N) is 2. The quantitative estimate of drug-likeness (QED) is 0.751. The predicted molar refractivity (Wildman–Crippen MR) is 55.9 cm³/mol. The van der Waals surface area contributed by atoms with Crippen LogP contribution in [-0.4, -0.2) is 33.8 Å². The molecule has 5 nitrogen and oxygen atoms in total. The molecule has 2 rings (SSSR count). The van der Waals surface area contributed by atoms with Crippen molar-refractivity contribution in [1.29, 1.82) is 0 Å². The Hall–Kier alpha value is -1.36. The van der Waals surface area contributed by atoms with Crippen LogP contribution in [0.3, 0.4) is 0 Å². The highest BCUT2D eigenvalue weighted by atomic mass is 16.5. The van der Waals surface area contributed by atoms with E-state index < -0.39 is 0 Å². The first kappa shape index (κ1) is 10.2. The van der Waals surface area contributed by atoms with Gasteiger partial charge in [-0.15, -0.1) is 0 Å². The van der Waals surface area contributed by atoms with Crippen LogP contribution in [0.4, 0.5) is 5.82 Å². The van der Waals surface area contributed by atoms with E-state index in [1.807, 2.05) is 6.92 Å². The van der Waals surface area contributed by atoms with E-state index in [1.165, 1.54) is 6.33 Å². The largest absolute Gasteiger partial charge is 0.478 e. The Bertz CT molecular complexity index is 339. The molecule has 0 radical (unpaired) electrons. The van der Waals surface area contributed by atoms with Gasteiger partial charge in [0.25, 0.3) is 0 Å². The smallest absolute Gasteiger partial charge is 0.218 e. The first-order valence-electron chi connectivity index (χ1n) is 5.12. The molecule has 5 heteroatoms. The van der Waals surface area contributed by atoms with E-state index in [0.29, 0.717) is 18.3 Å². The van der Waals surface area contributed by atoms with Crippen LogP contribution >= 0.6 is 0 Å². The standard InChI is InChI=1S/C10H15N3O2/c1-2-15-9-5-8(11-7-12-9)13-10(6-14)3-4-10/h5,7,14H,2-4,6H2,1H3,(H,11,12,13). The topological polar surface area (TPSA) is 67.3 Å². The number of ether oxygens (including phenoxy) is 1. The summed E-state index contributed by atoms with van der Waals surface area (Å²) in [7, 11) is 0. The average molecular weight is 209 g/mol. The van der Waals surface area contributed by atoms with Gasteiger partial charge in [-0.2, -0.15) is 0 Å². The lowest BCUT2D eigenvalue weighted by Crippen LogP contribution is -2.26. The molecule has 1 aromatic heterocycles. The molecule has 1 heterocycles. The molecule has 0 aliphatic heterocycles. The molecule has 0 aromatic carbocycles. The maximum atomic E-state index is 9.15. The van der Waals surface area contributed by atoms with Crippen molar-refractivity contribution < 1.29 is 9.84 Å². The van der Waals surface area contributed by atoms with E-state index in [4.69, 9.17) is 9.84 Å². The van der Waals surface area contributed by atoms with E-state index in [-0.39, 0.29) is 12.1 Å². The molecule has 1 aliphatic rings. The molecule has 15 heavy (non-hydrogen) atoms. The zero-order chi connectivity index (χ0) is 10.7. The highest BCUT2D eigenvalue weighted by Crippen LogP contribution is 2.37. The summed E-state index contributed by atoms with van der Waals surface area (Å²) >= 11 is 0. The summed E-state index contributed by atoms with van der Waals surface area (Å²) in [5.41, 5.74) is -0.155. The minimum absolute atomic E-state index is 0.140. The van der Waals surface area contributed by atoms with Crippen molar-refractivity contribution in [3.8, 4) is 5.88 Å². The van der Waals surface area contributed by atoms with Gasteiger partial charge in [0.1, 0.15) is 12.1 Å². The highest BCUT2D eigenvalue weighted by Gasteiger charge is 2.42. The number of aliphatic hydroxyl groups is 1. The Morgan fingerprint density at radius 1 is 1.53 bits per heavy atom. The molecule has 0 amide bonds. The third-order valence-electron chi connectivity index (χ3n) is 2.48. The Morgan fingerprint density at radius 3 is 2.93 bits per heavy atom. The molecule has 1 saturated carbocycles. The van der Waals surface area contributed by atoms with Gasteiger partial charge < -0.3 is 15.2 Å². The van der Waals surface area contributed by atoms with Crippen LogP contribution in [0.2, 0.25) is 0 Å². The predicted octanol–water partition coefficient (Wildman–Crippen LogP) is 0.812. The normalized spacial score (nSPS) is 17.2. The fourth-order valence-corrected chi connectivity index (χ4v) is 1.38. The molecule has 1 fully saturated rings. The summed E-state index contributed by atoms with van der Waals surface area (Å²) in [5, 5.41) is 12.4. The second-order valence-corrected chi connectivity index (χ2v) is 3.74. The van der Waals surface area contributed by atoms with Crippen LogP contribution in [0.15, 0.2) is 12.4 Å². The maximum Gasteiger partial charge on any atom is 0.218 e. The fourth-order valence-electron chi connectivity index (χ4n) is 1.38. The number of rotatable bonds is 5. The zero-order valence-corrected chi connectivity index (χ0v) is 8.73. The lowest BCUT2D eigenvalue weighted by Gasteiger charge is -2.14. The maximum absolute atomic E-state index is 9.15. The first-order chi connectivity index (χ1) is 7.28. The Morgan fingerprint density at radius 2 is 2.33 bits per heavy atom. The van der Waals surface area contributed by atoms with Crippen molar-refractivity contribution in [3.05, 3.63) is 12.4 Å². The van der Waals surface area contributed by atoms with Crippen molar-refractivity contribution in [2.45, 2.75) is 25.3 Å². The van der Waals surface area contributed by atoms with Crippen LogP contribution in [0.25, 0.3) is 0 Å². The third-order valence-corrected chi connectivity index (χ3v) is 2.48. The van der Waals surface area contributed by atoms with Crippen molar-refractivity contribution in [2.24, 2.45) is 0 Å². The molecule has 0 saturated heterocycles. The minimum atomic E-state index is -0.155. The summed E-state index contributed by atoms with van der Waals surface area (Å²) in [6.07, 6.45) is 3.43. The van der Waals surface area contributed by atoms with Crippen LogP contribution in [0, 0.1) is 0 Å². The minimum Gasteiger partial charge on any atom is -0.478 e. The second kappa shape index (κ2) is 4.02. The molecule has 1 aliphatic carbocycles. The number of hydrogen-bond donors (Lipinski definition) is 2. The number of aromatic nitrogens is 2. The monoisotopic (exact) mass is 209 g/mol. The van der Waals surface area contributed by atoms with E-state index in [9.17, 15) is 0 Å². The van der Waals surface area contributed by atoms with Gasteiger partial charge in [0, 0.05) is 6.07 Å². The fraction of sp³-hybridized carbons (Fsp3) is 0.600. The zero-order valence-electron chi connectivity index (χ0n) is 8.73. The Labute approximate surface area is 88.5 Å². The van der Waals surface area contributed by atoms with Crippen molar-refractivity contribution in [1.82, 2.24) is 9.97 Å². The van der Waals surface area contributed by atoms with Crippen LogP contribution in [0.5, 0.6) is 5.88 Å². The highest BCUT2D eigenvalue weighted by molar-refractivity contribution is 5.42. The number of anilines is 1. The Balaban J connectivity index is 2.05. The Kier molecular flexibility index (Phi) is 2.73. The summed E-state index contributed by atoms with van der Waals surface area (Å²) in [6, 6.07) is 1.75. The van der Waals surface area contributed by atoms with E-state index in [2.05, 4.69) is 15.3 Å². The van der Waals surface area contributed by atoms with E-state index >= 15 is 0 Å². The molecule has 0 spiro atoms. The lowest BCUT2D eigenvalue weighted by atomic mass is 10.3. The van der Waals surface area contributed by atoms with Crippen LogP contribution in [0.1, 0.15) is 19.8 Å². The van der Waals surface area contributed by atoms with E-state index in [1.54, 1.807) is 6.07 Å². The van der Waals surface area contributed by atoms with Crippen molar-refractivity contribution in [2.75, 3.05) is 18.5 Å². The summed E-state index contributed by atoms with van der Waals surface area (Å²) in [4.78, 5) is 8.05. The first-order valence-corrected chi connectivity index (χ1v) is 5.12. The van der Waals surface area contributed by atoms with Crippen LogP contribution in [-0.2, 0) is 0 Å². The van der Waals surface area contributed by atoms with E-state index in [0.717, 1.165) is 12.8 Å². The molecule has 0 atom stereocenters. The van der Waals surface area contributed by atoms with Gasteiger partial charge in [0.2, 0.25) is 5.88 Å². The molecular weight excluding hydrogens is 194 g/mol. The summed E-state index contributed by atoms with van der Waals surface area (Å²) in [6.45, 7) is 2.63. The van der Waals surface area contributed by atoms with Gasteiger partial charge in [0.15, 0.2) is 0 Å². The summed E-state index contributed by atoms with van der Waals surface area (Å²) in [5.74, 6) is 1.27. The SMILES string of the molecule is CCOc1cc(NC2(CO)CC2)ncn1. The van der Waals surface area contributed by atoms with Gasteiger partial charge in [-0.05, 0) is 19.8 Å². The molecule has 0 bridgehead atoms. The van der Waals surface area contributed by atoms with Gasteiger partial charge in [-0.25, -0.2) is 9.97 Å². The number of nitrogens with one attached hydrogen (secondary N) is 1. The molecule has 2 N–H and O–H groups in total. The van der Waals surface area contributed by atoms with Gasteiger partial charge >= 0.3 is 0 Å². The molecule has 1 aromatic rings. The average Bonchev–Trinajstić information content (AvgIpc) is 3.00. The molecule has 0 unspecified atom stereocenters. The summed E-state index contributed by atoms with van der Waals surface area (Å²) < 4.78 is 5.26. The number of hydrogen-bond acceptors (Lipinski definition) is 5. The van der Waals surface area contributed by atoms with Crippen molar-refractivity contribution >= 4 is 5.82 Å².